The third-order valence-corrected chi connectivity index (χ3v) is 5.14. The second kappa shape index (κ2) is 7.20. The average Bonchev–Trinajstić information content (AvgIpc) is 3.20. The van der Waals surface area contributed by atoms with Gasteiger partial charge in [-0.3, -0.25) is 0 Å². The van der Waals surface area contributed by atoms with Gasteiger partial charge in [0.1, 0.15) is 0 Å². The quantitative estimate of drug-likeness (QED) is 0.649. The van der Waals surface area contributed by atoms with Crippen LogP contribution >= 0.6 is 0 Å². The second-order valence-electron chi connectivity index (χ2n) is 6.88. The maximum absolute atomic E-state index is 12.5. The second-order valence-corrected chi connectivity index (χ2v) is 6.88. The van der Waals surface area contributed by atoms with Crippen molar-refractivity contribution in [3.05, 3.63) is 72.7 Å². The van der Waals surface area contributed by atoms with E-state index in [2.05, 4.69) is 32.8 Å². The molecule has 3 aromatic rings. The number of aromatic nitrogens is 3. The summed E-state index contributed by atoms with van der Waals surface area (Å²) in [5, 5.41) is 10.1. The predicted molar refractivity (Wildman–Crippen MR) is 104 cm³/mol. The van der Waals surface area contributed by atoms with E-state index in [0.717, 1.165) is 12.8 Å². The van der Waals surface area contributed by atoms with Gasteiger partial charge in [-0.15, -0.1) is 0 Å². The van der Waals surface area contributed by atoms with Crippen molar-refractivity contribution in [2.45, 2.75) is 24.3 Å². The zero-order chi connectivity index (χ0) is 18.7. The summed E-state index contributed by atoms with van der Waals surface area (Å²) in [4.78, 5) is 16.8. The Bertz CT molecular complexity index is 903. The summed E-state index contributed by atoms with van der Waals surface area (Å²) in [5.41, 5.74) is 7.84. The highest BCUT2D eigenvalue weighted by Crippen LogP contribution is 2.43. The SMILES string of the molecule is NCC1(c2ccccc2)CC(NC(=O)Nc2cccnc2-n2cccn2)C1. The number of benzene rings is 1. The maximum Gasteiger partial charge on any atom is 0.319 e. The fraction of sp³-hybridized carbons (Fsp3) is 0.250. The molecule has 2 amide bonds. The third kappa shape index (κ3) is 3.41. The number of anilines is 1. The zero-order valence-corrected chi connectivity index (χ0v) is 14.9. The van der Waals surface area contributed by atoms with Gasteiger partial charge in [-0.05, 0) is 36.6 Å². The standard InChI is InChI=1S/C20H22N6O/c21-14-20(15-6-2-1-3-7-15)12-16(13-20)24-19(27)25-17-8-4-9-22-18(17)26-11-5-10-23-26/h1-11,16H,12-14,21H2,(H2,24,25,27). The van der Waals surface area contributed by atoms with E-state index < -0.39 is 0 Å². The lowest BCUT2D eigenvalue weighted by atomic mass is 9.61. The molecule has 4 rings (SSSR count). The van der Waals surface area contributed by atoms with Crippen LogP contribution in [-0.2, 0) is 5.41 Å². The van der Waals surface area contributed by atoms with Gasteiger partial charge in [0.05, 0.1) is 5.69 Å². The van der Waals surface area contributed by atoms with Gasteiger partial charge in [-0.2, -0.15) is 5.10 Å². The van der Waals surface area contributed by atoms with E-state index in [9.17, 15) is 4.79 Å². The van der Waals surface area contributed by atoms with Crippen molar-refractivity contribution >= 4 is 11.7 Å². The van der Waals surface area contributed by atoms with E-state index in [4.69, 9.17) is 5.73 Å². The molecule has 7 nitrogen and oxygen atoms in total. The normalized spacial score (nSPS) is 21.3. The van der Waals surface area contributed by atoms with Crippen LogP contribution in [0, 0.1) is 0 Å². The monoisotopic (exact) mass is 362 g/mol. The Labute approximate surface area is 157 Å². The number of nitrogens with zero attached hydrogens (tertiary/aromatic N) is 3. The zero-order valence-electron chi connectivity index (χ0n) is 14.9. The Morgan fingerprint density at radius 1 is 1.15 bits per heavy atom. The smallest absolute Gasteiger partial charge is 0.319 e. The first-order valence-corrected chi connectivity index (χ1v) is 8.98. The average molecular weight is 362 g/mol. The molecule has 0 bridgehead atoms. The number of hydrogen-bond acceptors (Lipinski definition) is 4. The Balaban J connectivity index is 1.39. The molecule has 0 spiro atoms. The van der Waals surface area contributed by atoms with Gasteiger partial charge in [0.2, 0.25) is 0 Å². The van der Waals surface area contributed by atoms with Gasteiger partial charge in [0, 0.05) is 36.6 Å². The first-order valence-electron chi connectivity index (χ1n) is 8.98. The molecule has 1 aliphatic rings. The van der Waals surface area contributed by atoms with Gasteiger partial charge in [0.15, 0.2) is 5.82 Å². The summed E-state index contributed by atoms with van der Waals surface area (Å²) in [6.07, 6.45) is 6.79. The molecule has 0 radical (unpaired) electrons. The maximum atomic E-state index is 12.5. The molecule has 0 atom stereocenters. The van der Waals surface area contributed by atoms with Crippen LogP contribution in [0.5, 0.6) is 0 Å². The Morgan fingerprint density at radius 2 is 1.96 bits per heavy atom. The molecule has 1 aromatic carbocycles. The number of urea groups is 1. The molecule has 1 saturated carbocycles. The third-order valence-electron chi connectivity index (χ3n) is 5.14. The van der Waals surface area contributed by atoms with Crippen molar-refractivity contribution in [3.8, 4) is 5.82 Å². The van der Waals surface area contributed by atoms with Crippen LogP contribution in [0.3, 0.4) is 0 Å². The van der Waals surface area contributed by atoms with Gasteiger partial charge in [0.25, 0.3) is 0 Å². The number of nitrogens with one attached hydrogen (secondary N) is 2. The van der Waals surface area contributed by atoms with Gasteiger partial charge in [-0.1, -0.05) is 30.3 Å². The van der Waals surface area contributed by atoms with Gasteiger partial charge < -0.3 is 16.4 Å². The van der Waals surface area contributed by atoms with E-state index >= 15 is 0 Å². The number of rotatable bonds is 5. The summed E-state index contributed by atoms with van der Waals surface area (Å²) < 4.78 is 1.62. The minimum atomic E-state index is -0.250. The van der Waals surface area contributed by atoms with Gasteiger partial charge >= 0.3 is 6.03 Å². The summed E-state index contributed by atoms with van der Waals surface area (Å²) >= 11 is 0. The molecule has 138 valence electrons. The summed E-state index contributed by atoms with van der Waals surface area (Å²) in [5.74, 6) is 0.576. The highest BCUT2D eigenvalue weighted by Gasteiger charge is 2.45. The molecule has 0 aliphatic heterocycles. The Hall–Kier alpha value is -3.19. The van der Waals surface area contributed by atoms with Gasteiger partial charge in [-0.25, -0.2) is 14.5 Å². The van der Waals surface area contributed by atoms with E-state index in [1.165, 1.54) is 5.56 Å². The molecule has 0 unspecified atom stereocenters. The molecule has 27 heavy (non-hydrogen) atoms. The molecule has 2 aromatic heterocycles. The van der Waals surface area contributed by atoms with Crippen LogP contribution in [0.2, 0.25) is 0 Å². The fourth-order valence-electron chi connectivity index (χ4n) is 3.71. The van der Waals surface area contributed by atoms with Crippen LogP contribution in [0.1, 0.15) is 18.4 Å². The summed E-state index contributed by atoms with van der Waals surface area (Å²) in [7, 11) is 0. The first-order chi connectivity index (χ1) is 13.2. The largest absolute Gasteiger partial charge is 0.335 e. The summed E-state index contributed by atoms with van der Waals surface area (Å²) in [6.45, 7) is 0.572. The van der Waals surface area contributed by atoms with E-state index in [-0.39, 0.29) is 17.5 Å². The lowest BCUT2D eigenvalue weighted by molar-refractivity contribution is 0.178. The Morgan fingerprint density at radius 3 is 2.67 bits per heavy atom. The van der Waals surface area contributed by atoms with Crippen LogP contribution in [0.25, 0.3) is 5.82 Å². The van der Waals surface area contributed by atoms with Crippen molar-refractivity contribution in [2.24, 2.45) is 5.73 Å². The van der Waals surface area contributed by atoms with Crippen LogP contribution in [0.15, 0.2) is 67.1 Å². The Kier molecular flexibility index (Phi) is 4.60. The minimum absolute atomic E-state index is 0.0479. The number of nitrogens with two attached hydrogens (primary N) is 1. The van der Waals surface area contributed by atoms with E-state index in [0.29, 0.717) is 18.1 Å². The lowest BCUT2D eigenvalue weighted by Crippen LogP contribution is -2.57. The molecular formula is C20H22N6O. The fourth-order valence-corrected chi connectivity index (χ4v) is 3.71. The molecule has 1 fully saturated rings. The van der Waals surface area contributed by atoms with Crippen molar-refractivity contribution in [2.75, 3.05) is 11.9 Å². The minimum Gasteiger partial charge on any atom is -0.335 e. The van der Waals surface area contributed by atoms with Crippen molar-refractivity contribution in [1.29, 1.82) is 0 Å². The summed E-state index contributed by atoms with van der Waals surface area (Å²) in [6, 6.07) is 15.5. The number of pyridine rings is 1. The van der Waals surface area contributed by atoms with Crippen molar-refractivity contribution in [3.63, 3.8) is 0 Å². The number of carbonyl (C=O) groups excluding carboxylic acids is 1. The van der Waals surface area contributed by atoms with Crippen LogP contribution in [-0.4, -0.2) is 33.4 Å². The predicted octanol–water partition coefficient (Wildman–Crippen LogP) is 2.45. The highest BCUT2D eigenvalue weighted by atomic mass is 16.2. The first kappa shape index (κ1) is 17.2. The van der Waals surface area contributed by atoms with E-state index in [1.54, 1.807) is 35.4 Å². The molecule has 1 aliphatic carbocycles. The van der Waals surface area contributed by atoms with E-state index in [1.807, 2.05) is 24.3 Å². The molecule has 4 N–H and O–H groups in total. The number of carbonyl (C=O) groups is 1. The number of amides is 2. The van der Waals surface area contributed by atoms with Crippen LogP contribution < -0.4 is 16.4 Å². The van der Waals surface area contributed by atoms with Crippen molar-refractivity contribution < 1.29 is 4.79 Å². The highest BCUT2D eigenvalue weighted by molar-refractivity contribution is 5.91. The molecule has 0 saturated heterocycles. The molecule has 7 heteroatoms. The molecule has 2 heterocycles. The van der Waals surface area contributed by atoms with Crippen molar-refractivity contribution in [1.82, 2.24) is 20.1 Å². The lowest BCUT2D eigenvalue weighted by Gasteiger charge is -2.47. The molecular weight excluding hydrogens is 340 g/mol. The topological polar surface area (TPSA) is 97.9 Å². The number of hydrogen-bond donors (Lipinski definition) is 3. The van der Waals surface area contributed by atoms with Crippen LogP contribution in [0.4, 0.5) is 10.5 Å².